The molecule has 0 unspecified atom stereocenters. The second-order valence-electron chi connectivity index (χ2n) is 6.74. The number of halogens is 3. The molecule has 0 aliphatic rings. The van der Waals surface area contributed by atoms with Gasteiger partial charge in [-0.25, -0.2) is 4.98 Å². The number of aromatic nitrogens is 1. The Morgan fingerprint density at radius 1 is 1.10 bits per heavy atom. The predicted molar refractivity (Wildman–Crippen MR) is 131 cm³/mol. The van der Waals surface area contributed by atoms with Crippen LogP contribution in [0.4, 0.5) is 5.13 Å². The first-order valence-corrected chi connectivity index (χ1v) is 11.0. The number of thiazole rings is 1. The van der Waals surface area contributed by atoms with E-state index in [0.717, 1.165) is 10.2 Å². The highest BCUT2D eigenvalue weighted by Crippen LogP contribution is 2.34. The zero-order chi connectivity index (χ0) is 21.7. The molecule has 3 aromatic rings. The Kier molecular flexibility index (Phi) is 9.65. The van der Waals surface area contributed by atoms with Crippen LogP contribution in [-0.4, -0.2) is 56.2 Å². The largest absolute Gasteiger partial charge is 0.492 e. The first kappa shape index (κ1) is 25.5. The molecule has 10 heteroatoms. The van der Waals surface area contributed by atoms with Crippen LogP contribution >= 0.6 is 46.9 Å². The summed E-state index contributed by atoms with van der Waals surface area (Å²) in [6.45, 7) is 3.47. The standard InChI is InChI=1S/C21H23Cl2N3O3S.ClH/c1-4-28-17-6-5-7-18-20(17)24-21(30-18)26(11-10-25(2)3)19(27)13-29-16-9-8-14(22)12-15(16)23;/h5-9,12H,4,10-11,13H2,1-3H3;1H. The molecule has 6 nitrogen and oxygen atoms in total. The summed E-state index contributed by atoms with van der Waals surface area (Å²) < 4.78 is 12.3. The van der Waals surface area contributed by atoms with Crippen LogP contribution in [0.25, 0.3) is 10.2 Å². The van der Waals surface area contributed by atoms with Gasteiger partial charge >= 0.3 is 0 Å². The van der Waals surface area contributed by atoms with Gasteiger partial charge in [-0.15, -0.1) is 12.4 Å². The van der Waals surface area contributed by atoms with Crippen molar-refractivity contribution in [1.82, 2.24) is 9.88 Å². The number of carbonyl (C=O) groups excluding carboxylic acids is 1. The smallest absolute Gasteiger partial charge is 0.266 e. The van der Waals surface area contributed by atoms with Crippen molar-refractivity contribution in [1.29, 1.82) is 0 Å². The number of benzene rings is 2. The summed E-state index contributed by atoms with van der Waals surface area (Å²) in [6, 6.07) is 10.7. The Morgan fingerprint density at radius 2 is 1.87 bits per heavy atom. The second-order valence-corrected chi connectivity index (χ2v) is 8.60. The molecular weight excluding hydrogens is 481 g/mol. The number of rotatable bonds is 9. The molecule has 0 fully saturated rings. The van der Waals surface area contributed by atoms with E-state index in [1.165, 1.54) is 11.3 Å². The number of ether oxygens (including phenoxy) is 2. The van der Waals surface area contributed by atoms with Crippen molar-refractivity contribution in [2.45, 2.75) is 6.92 Å². The quantitative estimate of drug-likeness (QED) is 0.391. The molecule has 0 radical (unpaired) electrons. The molecule has 0 spiro atoms. The highest BCUT2D eigenvalue weighted by Gasteiger charge is 2.22. The van der Waals surface area contributed by atoms with Crippen molar-refractivity contribution >= 4 is 68.2 Å². The molecule has 0 saturated heterocycles. The predicted octanol–water partition coefficient (Wildman–Crippen LogP) is 5.40. The average molecular weight is 505 g/mol. The maximum absolute atomic E-state index is 13.0. The SMILES string of the molecule is CCOc1cccc2sc(N(CCN(C)C)C(=O)COc3ccc(Cl)cc3Cl)nc12.Cl. The molecular formula is C21H24Cl3N3O3S. The van der Waals surface area contributed by atoms with E-state index in [0.29, 0.717) is 46.4 Å². The third kappa shape index (κ3) is 6.60. The van der Waals surface area contributed by atoms with Crippen LogP contribution in [-0.2, 0) is 4.79 Å². The summed E-state index contributed by atoms with van der Waals surface area (Å²) in [5, 5.41) is 1.47. The molecule has 0 aliphatic heterocycles. The second kappa shape index (κ2) is 11.7. The molecule has 1 heterocycles. The van der Waals surface area contributed by atoms with Crippen LogP contribution in [0.5, 0.6) is 11.5 Å². The van der Waals surface area contributed by atoms with E-state index in [9.17, 15) is 4.79 Å². The number of nitrogens with zero attached hydrogens (tertiary/aromatic N) is 3. The molecule has 0 saturated carbocycles. The summed E-state index contributed by atoms with van der Waals surface area (Å²) in [5.41, 5.74) is 0.753. The van der Waals surface area contributed by atoms with Crippen molar-refractivity contribution in [3.63, 3.8) is 0 Å². The van der Waals surface area contributed by atoms with E-state index in [4.69, 9.17) is 37.7 Å². The number of amides is 1. The maximum Gasteiger partial charge on any atom is 0.266 e. The number of hydrogen-bond donors (Lipinski definition) is 0. The van der Waals surface area contributed by atoms with Crippen molar-refractivity contribution in [2.75, 3.05) is 45.3 Å². The highest BCUT2D eigenvalue weighted by molar-refractivity contribution is 7.22. The maximum atomic E-state index is 13.0. The van der Waals surface area contributed by atoms with Gasteiger partial charge in [0, 0.05) is 18.1 Å². The Hall–Kier alpha value is -1.77. The van der Waals surface area contributed by atoms with E-state index < -0.39 is 0 Å². The van der Waals surface area contributed by atoms with Crippen LogP contribution in [0.3, 0.4) is 0 Å². The van der Waals surface area contributed by atoms with Crippen LogP contribution < -0.4 is 14.4 Å². The third-order valence-electron chi connectivity index (χ3n) is 4.22. The monoisotopic (exact) mass is 503 g/mol. The molecule has 0 N–H and O–H groups in total. The van der Waals surface area contributed by atoms with Crippen LogP contribution in [0.15, 0.2) is 36.4 Å². The average Bonchev–Trinajstić information content (AvgIpc) is 3.12. The lowest BCUT2D eigenvalue weighted by molar-refractivity contribution is -0.120. The van der Waals surface area contributed by atoms with Crippen molar-refractivity contribution < 1.29 is 14.3 Å². The molecule has 3 rings (SSSR count). The van der Waals surface area contributed by atoms with Gasteiger partial charge in [-0.2, -0.15) is 0 Å². The number of anilines is 1. The van der Waals surface area contributed by atoms with E-state index in [-0.39, 0.29) is 24.9 Å². The van der Waals surface area contributed by atoms with Gasteiger partial charge in [0.05, 0.1) is 16.3 Å². The summed E-state index contributed by atoms with van der Waals surface area (Å²) in [4.78, 5) is 21.4. The van der Waals surface area contributed by atoms with Gasteiger partial charge in [0.1, 0.15) is 17.0 Å². The molecule has 0 atom stereocenters. The fraction of sp³-hybridized carbons (Fsp3) is 0.333. The number of likely N-dealkylation sites (N-methyl/N-ethyl adjacent to an activating group) is 1. The van der Waals surface area contributed by atoms with Gasteiger partial charge in [0.25, 0.3) is 5.91 Å². The Balaban J connectivity index is 0.00000341. The number of hydrogen-bond acceptors (Lipinski definition) is 6. The Morgan fingerprint density at radius 3 is 2.55 bits per heavy atom. The topological polar surface area (TPSA) is 54.9 Å². The van der Waals surface area contributed by atoms with Gasteiger partial charge in [0.15, 0.2) is 11.7 Å². The van der Waals surface area contributed by atoms with Gasteiger partial charge in [-0.3, -0.25) is 9.69 Å². The summed E-state index contributed by atoms with van der Waals surface area (Å²) in [6.07, 6.45) is 0. The molecule has 0 bridgehead atoms. The minimum atomic E-state index is -0.208. The van der Waals surface area contributed by atoms with Crippen molar-refractivity contribution in [3.05, 3.63) is 46.4 Å². The third-order valence-corrected chi connectivity index (χ3v) is 5.79. The highest BCUT2D eigenvalue weighted by atomic mass is 35.5. The van der Waals surface area contributed by atoms with Crippen LogP contribution in [0.1, 0.15) is 6.92 Å². The van der Waals surface area contributed by atoms with E-state index in [2.05, 4.69) is 0 Å². The minimum absolute atomic E-state index is 0. The summed E-state index contributed by atoms with van der Waals surface area (Å²) in [5.74, 6) is 0.909. The zero-order valence-electron chi connectivity index (χ0n) is 17.4. The van der Waals surface area contributed by atoms with E-state index >= 15 is 0 Å². The summed E-state index contributed by atoms with van der Waals surface area (Å²) >= 11 is 13.5. The zero-order valence-corrected chi connectivity index (χ0v) is 20.6. The van der Waals surface area contributed by atoms with Gasteiger partial charge < -0.3 is 14.4 Å². The molecule has 168 valence electrons. The lowest BCUT2D eigenvalue weighted by atomic mass is 10.3. The van der Waals surface area contributed by atoms with Gasteiger partial charge in [-0.05, 0) is 51.4 Å². The van der Waals surface area contributed by atoms with Crippen molar-refractivity contribution in [3.8, 4) is 11.5 Å². The lowest BCUT2D eigenvalue weighted by Crippen LogP contribution is -2.39. The number of para-hydroxylation sites is 1. The van der Waals surface area contributed by atoms with E-state index in [1.54, 1.807) is 23.1 Å². The van der Waals surface area contributed by atoms with E-state index in [1.807, 2.05) is 44.1 Å². The number of carbonyl (C=O) groups is 1. The summed E-state index contributed by atoms with van der Waals surface area (Å²) in [7, 11) is 3.91. The normalized spacial score (nSPS) is 10.8. The molecule has 1 amide bonds. The molecule has 31 heavy (non-hydrogen) atoms. The first-order chi connectivity index (χ1) is 14.4. The van der Waals surface area contributed by atoms with Gasteiger partial charge in [-0.1, -0.05) is 40.6 Å². The lowest BCUT2D eigenvalue weighted by Gasteiger charge is -2.22. The van der Waals surface area contributed by atoms with Crippen LogP contribution in [0, 0.1) is 0 Å². The Labute approximate surface area is 202 Å². The van der Waals surface area contributed by atoms with Gasteiger partial charge in [0.2, 0.25) is 0 Å². The number of fused-ring (bicyclic) bond motifs is 1. The first-order valence-electron chi connectivity index (χ1n) is 9.44. The molecule has 2 aromatic carbocycles. The fourth-order valence-electron chi connectivity index (χ4n) is 2.74. The Bertz CT molecular complexity index is 1030. The fourth-order valence-corrected chi connectivity index (χ4v) is 4.23. The van der Waals surface area contributed by atoms with Crippen molar-refractivity contribution in [2.24, 2.45) is 0 Å². The minimum Gasteiger partial charge on any atom is -0.492 e. The molecule has 1 aromatic heterocycles. The molecule has 0 aliphatic carbocycles. The van der Waals surface area contributed by atoms with Crippen LogP contribution in [0.2, 0.25) is 10.0 Å².